The van der Waals surface area contributed by atoms with Gasteiger partial charge in [0.25, 0.3) is 0 Å². The van der Waals surface area contributed by atoms with Crippen molar-refractivity contribution in [3.63, 3.8) is 0 Å². The minimum atomic E-state index is 0.182. The Morgan fingerprint density at radius 1 is 1.14 bits per heavy atom. The summed E-state index contributed by atoms with van der Waals surface area (Å²) in [6.45, 7) is 0. The van der Waals surface area contributed by atoms with Gasteiger partial charge in [-0.3, -0.25) is 4.79 Å². The molecule has 2 aromatic rings. The predicted molar refractivity (Wildman–Crippen MR) is 89.5 cm³/mol. The molecular weight excluding hydrogens is 300 g/mol. The average molecular weight is 317 g/mol. The summed E-state index contributed by atoms with van der Waals surface area (Å²) in [6.07, 6.45) is 3.83. The number of benzene rings is 2. The SMILES string of the molecule is O=C(CSc1cccc(Cl)c1)c1cccc(C2CCC2)c1. The normalized spacial score (nSPS) is 14.7. The first-order valence-electron chi connectivity index (χ1n) is 7.24. The summed E-state index contributed by atoms with van der Waals surface area (Å²) >= 11 is 7.49. The molecule has 1 nitrogen and oxygen atoms in total. The van der Waals surface area contributed by atoms with Crippen molar-refractivity contribution >= 4 is 29.1 Å². The summed E-state index contributed by atoms with van der Waals surface area (Å²) in [5, 5.41) is 0.708. The van der Waals surface area contributed by atoms with Crippen molar-refractivity contribution < 1.29 is 4.79 Å². The predicted octanol–water partition coefficient (Wildman–Crippen LogP) is 5.58. The van der Waals surface area contributed by atoms with Crippen LogP contribution in [0.1, 0.15) is 41.1 Å². The lowest BCUT2D eigenvalue weighted by Gasteiger charge is -2.26. The maximum atomic E-state index is 12.3. The minimum Gasteiger partial charge on any atom is -0.293 e. The maximum Gasteiger partial charge on any atom is 0.173 e. The number of carbonyl (C=O) groups is 1. The van der Waals surface area contributed by atoms with Crippen LogP contribution in [0.15, 0.2) is 53.4 Å². The first kappa shape index (κ1) is 14.7. The van der Waals surface area contributed by atoms with E-state index < -0.39 is 0 Å². The van der Waals surface area contributed by atoms with Gasteiger partial charge in [-0.25, -0.2) is 0 Å². The molecule has 0 aromatic heterocycles. The standard InChI is InChI=1S/C18H17ClOS/c19-16-8-3-9-17(11-16)21-12-18(20)15-7-2-6-14(10-15)13-4-1-5-13/h2-3,6-11,13H,1,4-5,12H2. The van der Waals surface area contributed by atoms with Gasteiger partial charge in [0.1, 0.15) is 0 Å². The molecule has 0 spiro atoms. The zero-order valence-electron chi connectivity index (χ0n) is 11.7. The van der Waals surface area contributed by atoms with Crippen LogP contribution in [0.5, 0.6) is 0 Å². The summed E-state index contributed by atoms with van der Waals surface area (Å²) in [5.41, 5.74) is 2.15. The average Bonchev–Trinajstić information content (AvgIpc) is 2.43. The van der Waals surface area contributed by atoms with E-state index in [1.54, 1.807) is 0 Å². The monoisotopic (exact) mass is 316 g/mol. The van der Waals surface area contributed by atoms with Crippen LogP contribution in [-0.4, -0.2) is 11.5 Å². The Kier molecular flexibility index (Phi) is 4.67. The summed E-state index contributed by atoms with van der Waals surface area (Å²) in [4.78, 5) is 13.4. The lowest BCUT2D eigenvalue weighted by Crippen LogP contribution is -2.10. The highest BCUT2D eigenvalue weighted by Crippen LogP contribution is 2.36. The fourth-order valence-electron chi connectivity index (χ4n) is 2.50. The van der Waals surface area contributed by atoms with Gasteiger partial charge in [-0.15, -0.1) is 11.8 Å². The molecular formula is C18H17ClOS. The van der Waals surface area contributed by atoms with E-state index in [2.05, 4.69) is 12.1 Å². The van der Waals surface area contributed by atoms with Crippen molar-refractivity contribution in [2.24, 2.45) is 0 Å². The van der Waals surface area contributed by atoms with Crippen LogP contribution in [0.4, 0.5) is 0 Å². The van der Waals surface area contributed by atoms with Crippen molar-refractivity contribution in [3.05, 3.63) is 64.7 Å². The van der Waals surface area contributed by atoms with Gasteiger partial charge in [0.2, 0.25) is 0 Å². The van der Waals surface area contributed by atoms with E-state index in [9.17, 15) is 4.79 Å². The van der Waals surface area contributed by atoms with E-state index in [1.807, 2.05) is 36.4 Å². The van der Waals surface area contributed by atoms with Crippen molar-refractivity contribution in [2.45, 2.75) is 30.1 Å². The van der Waals surface area contributed by atoms with Gasteiger partial charge in [0, 0.05) is 15.5 Å². The number of carbonyl (C=O) groups excluding carboxylic acids is 1. The number of hydrogen-bond donors (Lipinski definition) is 0. The van der Waals surface area contributed by atoms with Gasteiger partial charge in [-0.2, -0.15) is 0 Å². The van der Waals surface area contributed by atoms with E-state index in [1.165, 1.54) is 36.6 Å². The maximum absolute atomic E-state index is 12.3. The van der Waals surface area contributed by atoms with E-state index >= 15 is 0 Å². The Bertz CT molecular complexity index is 649. The fraction of sp³-hybridized carbons (Fsp3) is 0.278. The third-order valence-electron chi connectivity index (χ3n) is 3.95. The van der Waals surface area contributed by atoms with E-state index in [0.29, 0.717) is 16.7 Å². The third kappa shape index (κ3) is 3.69. The zero-order chi connectivity index (χ0) is 14.7. The molecule has 21 heavy (non-hydrogen) atoms. The van der Waals surface area contributed by atoms with Crippen molar-refractivity contribution in [1.82, 2.24) is 0 Å². The van der Waals surface area contributed by atoms with E-state index in [4.69, 9.17) is 11.6 Å². The summed E-state index contributed by atoms with van der Waals surface area (Å²) in [7, 11) is 0. The van der Waals surface area contributed by atoms with Crippen LogP contribution in [0.25, 0.3) is 0 Å². The second-order valence-corrected chi connectivity index (χ2v) is 6.91. The second kappa shape index (κ2) is 6.67. The number of Topliss-reactive ketones (excluding diaryl/α,β-unsaturated/α-hetero) is 1. The molecule has 0 unspecified atom stereocenters. The Morgan fingerprint density at radius 3 is 2.67 bits per heavy atom. The minimum absolute atomic E-state index is 0.182. The van der Waals surface area contributed by atoms with Crippen LogP contribution in [0.2, 0.25) is 5.02 Å². The summed E-state index contributed by atoms with van der Waals surface area (Å²) < 4.78 is 0. The molecule has 0 radical (unpaired) electrons. The quantitative estimate of drug-likeness (QED) is 0.529. The van der Waals surface area contributed by atoms with Gasteiger partial charge >= 0.3 is 0 Å². The Hall–Kier alpha value is -1.25. The molecule has 0 atom stereocenters. The van der Waals surface area contributed by atoms with Gasteiger partial charge in [0.15, 0.2) is 5.78 Å². The Morgan fingerprint density at radius 2 is 1.95 bits per heavy atom. The molecule has 0 heterocycles. The third-order valence-corrected chi connectivity index (χ3v) is 5.18. The van der Waals surface area contributed by atoms with Gasteiger partial charge in [0.05, 0.1) is 5.75 Å². The molecule has 1 fully saturated rings. The van der Waals surface area contributed by atoms with Crippen molar-refractivity contribution in [2.75, 3.05) is 5.75 Å². The first-order valence-corrected chi connectivity index (χ1v) is 8.60. The number of ketones is 1. The molecule has 108 valence electrons. The van der Waals surface area contributed by atoms with Crippen molar-refractivity contribution in [3.8, 4) is 0 Å². The number of hydrogen-bond acceptors (Lipinski definition) is 2. The van der Waals surface area contributed by atoms with Crippen LogP contribution in [0.3, 0.4) is 0 Å². The topological polar surface area (TPSA) is 17.1 Å². The Labute approximate surface area is 134 Å². The summed E-state index contributed by atoms with van der Waals surface area (Å²) in [5.74, 6) is 1.30. The van der Waals surface area contributed by atoms with E-state index in [-0.39, 0.29) is 5.78 Å². The highest BCUT2D eigenvalue weighted by atomic mass is 35.5. The number of rotatable bonds is 5. The summed E-state index contributed by atoms with van der Waals surface area (Å²) in [6, 6.07) is 15.8. The molecule has 0 bridgehead atoms. The fourth-order valence-corrected chi connectivity index (χ4v) is 3.60. The van der Waals surface area contributed by atoms with E-state index in [0.717, 1.165) is 10.5 Å². The highest BCUT2D eigenvalue weighted by Gasteiger charge is 2.20. The van der Waals surface area contributed by atoms with Gasteiger partial charge in [-0.05, 0) is 48.6 Å². The number of thioether (sulfide) groups is 1. The highest BCUT2D eigenvalue weighted by molar-refractivity contribution is 8.00. The van der Waals surface area contributed by atoms with Crippen LogP contribution >= 0.6 is 23.4 Å². The van der Waals surface area contributed by atoms with Gasteiger partial charge < -0.3 is 0 Å². The van der Waals surface area contributed by atoms with Gasteiger partial charge in [-0.1, -0.05) is 42.3 Å². The molecule has 3 rings (SSSR count). The molecule has 0 aliphatic heterocycles. The second-order valence-electron chi connectivity index (χ2n) is 5.42. The molecule has 0 amide bonds. The molecule has 1 saturated carbocycles. The largest absolute Gasteiger partial charge is 0.293 e. The lowest BCUT2D eigenvalue weighted by atomic mass is 9.79. The molecule has 2 aromatic carbocycles. The molecule has 1 aliphatic carbocycles. The van der Waals surface area contributed by atoms with Crippen LogP contribution < -0.4 is 0 Å². The zero-order valence-corrected chi connectivity index (χ0v) is 13.3. The smallest absolute Gasteiger partial charge is 0.173 e. The molecule has 0 N–H and O–H groups in total. The molecule has 1 aliphatic rings. The Balaban J connectivity index is 1.65. The van der Waals surface area contributed by atoms with Crippen molar-refractivity contribution in [1.29, 1.82) is 0 Å². The van der Waals surface area contributed by atoms with Crippen LogP contribution in [-0.2, 0) is 0 Å². The first-order chi connectivity index (χ1) is 10.2. The molecule has 0 saturated heterocycles. The lowest BCUT2D eigenvalue weighted by molar-refractivity contribution is 0.102. The number of halogens is 1. The molecule has 3 heteroatoms. The van der Waals surface area contributed by atoms with Crippen LogP contribution in [0, 0.1) is 0 Å².